The van der Waals surface area contributed by atoms with Gasteiger partial charge < -0.3 is 0 Å². The van der Waals surface area contributed by atoms with E-state index in [1.54, 1.807) is 0 Å². The molecule has 1 heterocycles. The SMILES string of the molecule is c1[nH+]nno1. The van der Waals surface area contributed by atoms with Crippen molar-refractivity contribution in [2.75, 3.05) is 0 Å². The van der Waals surface area contributed by atoms with Gasteiger partial charge in [-0.25, -0.2) is 0 Å². The van der Waals surface area contributed by atoms with Gasteiger partial charge in [0, 0.05) is 0 Å². The molecule has 0 radical (unpaired) electrons. The summed E-state index contributed by atoms with van der Waals surface area (Å²) in [6.07, 6.45) is 1.28. The van der Waals surface area contributed by atoms with Crippen molar-refractivity contribution in [3.8, 4) is 0 Å². The molecular formula is CH2N3O+. The standard InChI is InChI=1S/CHN3O/c1-2-3-4-5-1/h1H/p+1. The van der Waals surface area contributed by atoms with Gasteiger partial charge >= 0.3 is 6.39 Å². The molecular weight excluding hydrogens is 70.0 g/mol. The minimum absolute atomic E-state index is 1.28. The van der Waals surface area contributed by atoms with Gasteiger partial charge in [0.05, 0.1) is 0 Å². The molecule has 1 aromatic rings. The van der Waals surface area contributed by atoms with E-state index >= 15 is 0 Å². The Kier molecular flexibility index (Phi) is 0.368. The monoisotopic (exact) mass is 72.0 g/mol. The summed E-state index contributed by atoms with van der Waals surface area (Å²) in [5, 5.41) is 8.56. The summed E-state index contributed by atoms with van der Waals surface area (Å²) < 4.78 is 4.17. The average Bonchev–Trinajstić information content (AvgIpc) is 1.76. The first-order chi connectivity index (χ1) is 2.50. The van der Waals surface area contributed by atoms with Gasteiger partial charge in [-0.3, -0.25) is 0 Å². The molecule has 1 N–H and O–H groups in total. The summed E-state index contributed by atoms with van der Waals surface area (Å²) in [6, 6.07) is 0. The first kappa shape index (κ1) is 2.32. The van der Waals surface area contributed by atoms with Gasteiger partial charge in [-0.05, 0) is 0 Å². The summed E-state index contributed by atoms with van der Waals surface area (Å²) in [5.74, 6) is 0. The fraction of sp³-hybridized carbons (Fsp3) is 0. The van der Waals surface area contributed by atoms with Gasteiger partial charge in [0.2, 0.25) is 0 Å². The number of rotatable bonds is 0. The molecule has 26 valence electrons. The summed E-state index contributed by atoms with van der Waals surface area (Å²) in [6.45, 7) is 0. The number of nitrogens with one attached hydrogen (secondary N) is 1. The molecule has 4 nitrogen and oxygen atoms in total. The van der Waals surface area contributed by atoms with Crippen LogP contribution in [-0.2, 0) is 0 Å². The number of hydrogen-bond donors (Lipinski definition) is 0. The summed E-state index contributed by atoms with van der Waals surface area (Å²) in [4.78, 5) is 0. The highest BCUT2D eigenvalue weighted by atomic mass is 16.5. The Morgan fingerprint density at radius 1 is 1.80 bits per heavy atom. The molecule has 1 aromatic heterocycles. The first-order valence-electron chi connectivity index (χ1n) is 1.13. The Labute approximate surface area is 27.8 Å². The number of aromatic amines is 1. The average molecular weight is 72.0 g/mol. The van der Waals surface area contributed by atoms with E-state index in [9.17, 15) is 0 Å². The van der Waals surface area contributed by atoms with Crippen LogP contribution < -0.4 is 5.10 Å². The fourth-order valence-electron chi connectivity index (χ4n) is 0.118. The lowest BCUT2D eigenvalue weighted by atomic mass is 11.6. The van der Waals surface area contributed by atoms with E-state index < -0.39 is 0 Å². The minimum Gasteiger partial charge on any atom is -0.199 e. The van der Waals surface area contributed by atoms with Crippen molar-refractivity contribution in [2.45, 2.75) is 0 Å². The van der Waals surface area contributed by atoms with Crippen molar-refractivity contribution in [1.29, 1.82) is 0 Å². The highest BCUT2D eigenvalue weighted by molar-refractivity contribution is 3.89. The fourth-order valence-corrected chi connectivity index (χ4v) is 0.118. The van der Waals surface area contributed by atoms with Crippen LogP contribution in [-0.4, -0.2) is 10.5 Å². The van der Waals surface area contributed by atoms with Crippen LogP contribution in [0.1, 0.15) is 0 Å². The molecule has 0 atom stereocenters. The van der Waals surface area contributed by atoms with Crippen LogP contribution in [0.3, 0.4) is 0 Å². The van der Waals surface area contributed by atoms with Crippen molar-refractivity contribution in [1.82, 2.24) is 10.5 Å². The maximum Gasteiger partial charge on any atom is 0.325 e. The van der Waals surface area contributed by atoms with E-state index in [1.165, 1.54) is 6.39 Å². The molecule has 0 saturated carbocycles. The second-order valence-corrected chi connectivity index (χ2v) is 0.534. The number of aromatic nitrogens is 3. The third kappa shape index (κ3) is 0.212. The van der Waals surface area contributed by atoms with E-state index in [4.69, 9.17) is 0 Å². The molecule has 1 rings (SSSR count). The zero-order valence-corrected chi connectivity index (χ0v) is 2.38. The molecule has 0 aliphatic carbocycles. The van der Waals surface area contributed by atoms with E-state index in [-0.39, 0.29) is 0 Å². The van der Waals surface area contributed by atoms with Crippen LogP contribution in [0.2, 0.25) is 0 Å². The molecule has 0 spiro atoms. The molecule has 0 bridgehead atoms. The third-order valence-electron chi connectivity index (χ3n) is 0.251. The molecule has 5 heavy (non-hydrogen) atoms. The molecule has 0 amide bonds. The third-order valence-corrected chi connectivity index (χ3v) is 0.251. The lowest BCUT2D eigenvalue weighted by Crippen LogP contribution is -1.97. The lowest BCUT2D eigenvalue weighted by Gasteiger charge is -1.28. The Balaban J connectivity index is 3.13. The van der Waals surface area contributed by atoms with Crippen molar-refractivity contribution in [3.05, 3.63) is 6.39 Å². The molecule has 0 aliphatic rings. The van der Waals surface area contributed by atoms with Gasteiger partial charge in [0.25, 0.3) is 5.27 Å². The van der Waals surface area contributed by atoms with Crippen molar-refractivity contribution >= 4 is 0 Å². The van der Waals surface area contributed by atoms with Crippen molar-refractivity contribution in [3.63, 3.8) is 0 Å². The Hall–Kier alpha value is -0.930. The van der Waals surface area contributed by atoms with Crippen LogP contribution in [0.5, 0.6) is 0 Å². The van der Waals surface area contributed by atoms with E-state index in [0.717, 1.165) is 0 Å². The van der Waals surface area contributed by atoms with Gasteiger partial charge in [0.1, 0.15) is 0 Å². The highest BCUT2D eigenvalue weighted by Crippen LogP contribution is 1.47. The summed E-state index contributed by atoms with van der Waals surface area (Å²) in [7, 11) is 0. The van der Waals surface area contributed by atoms with E-state index in [0.29, 0.717) is 0 Å². The second kappa shape index (κ2) is 0.794. The number of nitrogens with zero attached hydrogens (tertiary/aromatic N) is 2. The second-order valence-electron chi connectivity index (χ2n) is 0.534. The van der Waals surface area contributed by atoms with Crippen LogP contribution in [0, 0.1) is 0 Å². The molecule has 0 aromatic carbocycles. The summed E-state index contributed by atoms with van der Waals surface area (Å²) in [5.41, 5.74) is 0. The zero-order valence-electron chi connectivity index (χ0n) is 2.38. The van der Waals surface area contributed by atoms with Gasteiger partial charge in [0.15, 0.2) is 5.21 Å². The van der Waals surface area contributed by atoms with Gasteiger partial charge in [-0.15, -0.1) is 5.10 Å². The summed E-state index contributed by atoms with van der Waals surface area (Å²) >= 11 is 0. The Morgan fingerprint density at radius 3 is 3.00 bits per heavy atom. The molecule has 0 fully saturated rings. The predicted molar refractivity (Wildman–Crippen MR) is 10.9 cm³/mol. The molecule has 0 saturated heterocycles. The molecule has 0 unspecified atom stereocenters. The zero-order chi connectivity index (χ0) is 3.54. The number of hydrogen-bond acceptors (Lipinski definition) is 3. The number of H-pyrrole nitrogens is 1. The maximum atomic E-state index is 4.17. The minimum atomic E-state index is 1.28. The van der Waals surface area contributed by atoms with Crippen LogP contribution in [0.15, 0.2) is 10.9 Å². The van der Waals surface area contributed by atoms with Crippen molar-refractivity contribution in [2.24, 2.45) is 0 Å². The first-order valence-corrected chi connectivity index (χ1v) is 1.13. The van der Waals surface area contributed by atoms with E-state index in [2.05, 4.69) is 20.1 Å². The highest BCUT2D eigenvalue weighted by Gasteiger charge is 1.75. The largest absolute Gasteiger partial charge is 0.325 e. The molecule has 4 heteroatoms. The van der Waals surface area contributed by atoms with E-state index in [1.807, 2.05) is 0 Å². The maximum absolute atomic E-state index is 4.17. The quantitative estimate of drug-likeness (QED) is 0.390. The predicted octanol–water partition coefficient (Wildman–Crippen LogP) is -1.12. The van der Waals surface area contributed by atoms with Gasteiger partial charge in [-0.1, -0.05) is 0 Å². The molecule has 0 aliphatic heterocycles. The van der Waals surface area contributed by atoms with Crippen LogP contribution in [0.4, 0.5) is 0 Å². The Bertz CT molecular complexity index is 63.4. The topological polar surface area (TPSA) is 53.1 Å². The Morgan fingerprint density at radius 2 is 2.80 bits per heavy atom. The van der Waals surface area contributed by atoms with Crippen LogP contribution in [0.25, 0.3) is 0 Å². The lowest BCUT2D eigenvalue weighted by molar-refractivity contribution is -0.459. The normalized spacial score (nSPS) is 8.00. The van der Waals surface area contributed by atoms with Crippen LogP contribution >= 0.6 is 0 Å². The van der Waals surface area contributed by atoms with Crippen molar-refractivity contribution < 1.29 is 9.62 Å². The van der Waals surface area contributed by atoms with Gasteiger partial charge in [-0.2, -0.15) is 4.52 Å². The smallest absolute Gasteiger partial charge is 0.199 e.